The predicted octanol–water partition coefficient (Wildman–Crippen LogP) is 2.89. The summed E-state index contributed by atoms with van der Waals surface area (Å²) in [6.45, 7) is 4.30. The van der Waals surface area contributed by atoms with E-state index in [4.69, 9.17) is 10.2 Å². The van der Waals surface area contributed by atoms with Crippen LogP contribution in [0.5, 0.6) is 0 Å². The Morgan fingerprint density at radius 1 is 0.950 bits per heavy atom. The van der Waals surface area contributed by atoms with Crippen molar-refractivity contribution >= 4 is 11.9 Å². The van der Waals surface area contributed by atoms with Crippen molar-refractivity contribution in [3.05, 3.63) is 0 Å². The van der Waals surface area contributed by atoms with Gasteiger partial charge in [0.1, 0.15) is 0 Å². The van der Waals surface area contributed by atoms with E-state index in [-0.39, 0.29) is 19.0 Å². The van der Waals surface area contributed by atoms with Crippen molar-refractivity contribution in [2.75, 3.05) is 6.54 Å². The Labute approximate surface area is 121 Å². The highest BCUT2D eigenvalue weighted by Crippen LogP contribution is 2.13. The van der Waals surface area contributed by atoms with Crippen LogP contribution < -0.4 is 5.32 Å². The normalized spacial score (nSPS) is 12.6. The SMILES string of the molecule is CC(C)CC(CCCCCCCC(=O)O)NCC(=O)O. The molecule has 0 aliphatic carbocycles. The van der Waals surface area contributed by atoms with Crippen molar-refractivity contribution < 1.29 is 19.8 Å². The first-order chi connectivity index (χ1) is 9.41. The van der Waals surface area contributed by atoms with Gasteiger partial charge in [-0.1, -0.05) is 39.5 Å². The predicted molar refractivity (Wildman–Crippen MR) is 78.8 cm³/mol. The molecular weight excluding hydrogens is 258 g/mol. The van der Waals surface area contributed by atoms with Crippen LogP contribution in [0.25, 0.3) is 0 Å². The number of unbranched alkanes of at least 4 members (excludes halogenated alkanes) is 4. The average molecular weight is 287 g/mol. The molecule has 1 unspecified atom stereocenters. The minimum atomic E-state index is -0.813. The summed E-state index contributed by atoms with van der Waals surface area (Å²) in [5.41, 5.74) is 0. The summed E-state index contributed by atoms with van der Waals surface area (Å²) in [4.78, 5) is 20.9. The zero-order chi connectivity index (χ0) is 15.4. The third-order valence-corrected chi connectivity index (χ3v) is 3.24. The van der Waals surface area contributed by atoms with Crippen LogP contribution >= 0.6 is 0 Å². The number of carboxylic acids is 2. The Morgan fingerprint density at radius 3 is 2.10 bits per heavy atom. The van der Waals surface area contributed by atoms with Gasteiger partial charge in [0.15, 0.2) is 0 Å². The summed E-state index contributed by atoms with van der Waals surface area (Å²) < 4.78 is 0. The molecule has 0 saturated carbocycles. The molecule has 0 aromatic heterocycles. The minimum Gasteiger partial charge on any atom is -0.481 e. The lowest BCUT2D eigenvalue weighted by atomic mass is 9.98. The second-order valence-corrected chi connectivity index (χ2v) is 5.80. The van der Waals surface area contributed by atoms with Crippen LogP contribution in [0, 0.1) is 5.92 Å². The molecule has 0 saturated heterocycles. The van der Waals surface area contributed by atoms with Crippen molar-refractivity contribution in [3.63, 3.8) is 0 Å². The van der Waals surface area contributed by atoms with Gasteiger partial charge in [-0.3, -0.25) is 9.59 Å². The Bertz CT molecular complexity index is 279. The van der Waals surface area contributed by atoms with Crippen LogP contribution in [0.2, 0.25) is 0 Å². The number of hydrogen-bond donors (Lipinski definition) is 3. The quantitative estimate of drug-likeness (QED) is 0.453. The first-order valence-corrected chi connectivity index (χ1v) is 7.58. The van der Waals surface area contributed by atoms with Crippen LogP contribution in [-0.2, 0) is 9.59 Å². The molecule has 5 nitrogen and oxygen atoms in total. The van der Waals surface area contributed by atoms with Crippen molar-refractivity contribution in [2.45, 2.75) is 71.3 Å². The number of nitrogens with one attached hydrogen (secondary N) is 1. The summed E-state index contributed by atoms with van der Waals surface area (Å²) in [7, 11) is 0. The maximum atomic E-state index is 10.6. The summed E-state index contributed by atoms with van der Waals surface area (Å²) in [6.07, 6.45) is 7.17. The largest absolute Gasteiger partial charge is 0.481 e. The van der Waals surface area contributed by atoms with E-state index in [2.05, 4.69) is 19.2 Å². The van der Waals surface area contributed by atoms with Crippen LogP contribution in [0.3, 0.4) is 0 Å². The molecular formula is C15H29NO4. The molecule has 20 heavy (non-hydrogen) atoms. The lowest BCUT2D eigenvalue weighted by Gasteiger charge is -2.19. The van der Waals surface area contributed by atoms with Crippen LogP contribution in [-0.4, -0.2) is 34.7 Å². The molecule has 0 heterocycles. The van der Waals surface area contributed by atoms with E-state index in [1.54, 1.807) is 0 Å². The third kappa shape index (κ3) is 13.3. The molecule has 0 amide bonds. The van der Waals surface area contributed by atoms with Gasteiger partial charge < -0.3 is 15.5 Å². The summed E-state index contributed by atoms with van der Waals surface area (Å²) in [5.74, 6) is -0.982. The van der Waals surface area contributed by atoms with Crippen LogP contribution in [0.1, 0.15) is 65.2 Å². The van der Waals surface area contributed by atoms with E-state index in [0.717, 1.165) is 44.9 Å². The van der Waals surface area contributed by atoms with Crippen molar-refractivity contribution in [1.82, 2.24) is 5.32 Å². The standard InChI is InChI=1S/C15H29NO4/c1-12(2)10-13(16-11-15(19)20)8-6-4-3-5-7-9-14(17)18/h12-13,16H,3-11H2,1-2H3,(H,17,18)(H,19,20). The number of aliphatic carboxylic acids is 2. The molecule has 3 N–H and O–H groups in total. The highest BCUT2D eigenvalue weighted by Gasteiger charge is 2.11. The van der Waals surface area contributed by atoms with Gasteiger partial charge in [0.2, 0.25) is 0 Å². The van der Waals surface area contributed by atoms with Gasteiger partial charge in [-0.25, -0.2) is 0 Å². The monoisotopic (exact) mass is 287 g/mol. The maximum absolute atomic E-state index is 10.6. The van der Waals surface area contributed by atoms with Gasteiger partial charge in [-0.2, -0.15) is 0 Å². The maximum Gasteiger partial charge on any atom is 0.317 e. The van der Waals surface area contributed by atoms with Gasteiger partial charge >= 0.3 is 11.9 Å². The van der Waals surface area contributed by atoms with E-state index in [1.807, 2.05) is 0 Å². The molecule has 1 atom stereocenters. The van der Waals surface area contributed by atoms with E-state index >= 15 is 0 Å². The number of carboxylic acid groups (broad SMARTS) is 2. The van der Waals surface area contributed by atoms with Crippen molar-refractivity contribution in [2.24, 2.45) is 5.92 Å². The first kappa shape index (κ1) is 18.9. The van der Waals surface area contributed by atoms with Gasteiger partial charge in [0, 0.05) is 12.5 Å². The topological polar surface area (TPSA) is 86.6 Å². The second-order valence-electron chi connectivity index (χ2n) is 5.80. The van der Waals surface area contributed by atoms with Gasteiger partial charge in [-0.15, -0.1) is 0 Å². The zero-order valence-corrected chi connectivity index (χ0v) is 12.7. The van der Waals surface area contributed by atoms with Crippen molar-refractivity contribution in [3.8, 4) is 0 Å². The molecule has 0 rings (SSSR count). The fraction of sp³-hybridized carbons (Fsp3) is 0.867. The number of hydrogen-bond acceptors (Lipinski definition) is 3. The van der Waals surface area contributed by atoms with Gasteiger partial charge in [-0.05, 0) is 25.2 Å². The molecule has 0 aliphatic heterocycles. The highest BCUT2D eigenvalue weighted by atomic mass is 16.4. The Balaban J connectivity index is 3.67. The lowest BCUT2D eigenvalue weighted by Crippen LogP contribution is -2.34. The summed E-state index contributed by atoms with van der Waals surface area (Å²) in [5, 5.41) is 20.3. The van der Waals surface area contributed by atoms with E-state index in [9.17, 15) is 9.59 Å². The minimum absolute atomic E-state index is 0.0238. The van der Waals surface area contributed by atoms with Crippen LogP contribution in [0.15, 0.2) is 0 Å². The van der Waals surface area contributed by atoms with E-state index in [0.29, 0.717) is 5.92 Å². The van der Waals surface area contributed by atoms with Crippen molar-refractivity contribution in [1.29, 1.82) is 0 Å². The summed E-state index contributed by atoms with van der Waals surface area (Å²) >= 11 is 0. The number of rotatable bonds is 13. The second kappa shape index (κ2) is 11.7. The first-order valence-electron chi connectivity index (χ1n) is 7.58. The molecule has 118 valence electrons. The Hall–Kier alpha value is -1.10. The average Bonchev–Trinajstić information content (AvgIpc) is 2.33. The molecule has 0 aliphatic rings. The van der Waals surface area contributed by atoms with Gasteiger partial charge in [0.05, 0.1) is 6.54 Å². The van der Waals surface area contributed by atoms with E-state index < -0.39 is 11.9 Å². The molecule has 0 bridgehead atoms. The molecule has 0 radical (unpaired) electrons. The highest BCUT2D eigenvalue weighted by molar-refractivity contribution is 5.69. The molecule has 0 fully saturated rings. The fourth-order valence-electron chi connectivity index (χ4n) is 2.30. The van der Waals surface area contributed by atoms with Gasteiger partial charge in [0.25, 0.3) is 0 Å². The van der Waals surface area contributed by atoms with Crippen LogP contribution in [0.4, 0.5) is 0 Å². The fourth-order valence-corrected chi connectivity index (χ4v) is 2.30. The summed E-state index contributed by atoms with van der Waals surface area (Å²) in [6, 6.07) is 0.269. The third-order valence-electron chi connectivity index (χ3n) is 3.24. The molecule has 5 heteroatoms. The van der Waals surface area contributed by atoms with E-state index in [1.165, 1.54) is 0 Å². The smallest absolute Gasteiger partial charge is 0.317 e. The Morgan fingerprint density at radius 2 is 1.55 bits per heavy atom. The lowest BCUT2D eigenvalue weighted by molar-refractivity contribution is -0.137. The number of carbonyl (C=O) groups is 2. The molecule has 0 spiro atoms. The zero-order valence-electron chi connectivity index (χ0n) is 12.7. The molecule has 0 aromatic carbocycles. The molecule has 0 aromatic rings. The Kier molecular flexibility index (Phi) is 11.1.